The number of amides is 19. The minimum absolute atomic E-state index is 0.000658. The number of carboxylic acids is 1. The van der Waals surface area contributed by atoms with Crippen molar-refractivity contribution in [3.63, 3.8) is 0 Å². The molecule has 0 bridgehead atoms. The van der Waals surface area contributed by atoms with E-state index in [4.69, 9.17) is 56.7 Å². The Kier molecular flexibility index (Phi) is 65.3. The highest BCUT2D eigenvalue weighted by molar-refractivity contribution is 6.01. The molecule has 17 atom stereocenters. The van der Waals surface area contributed by atoms with Gasteiger partial charge in [0, 0.05) is 45.4 Å². The van der Waals surface area contributed by atoms with Crippen LogP contribution < -0.4 is 147 Å². The van der Waals surface area contributed by atoms with Gasteiger partial charge in [-0.2, -0.15) is 0 Å². The first-order chi connectivity index (χ1) is 69.7. The number of hydrogen-bond donors (Lipinski definition) is 35. The zero-order valence-corrected chi connectivity index (χ0v) is 86.0. The third kappa shape index (κ3) is 57.1. The molecule has 1 aromatic rings. The maximum atomic E-state index is 15.0. The molecule has 0 aliphatic rings. The summed E-state index contributed by atoms with van der Waals surface area (Å²) in [5.74, 6) is -23.9. The van der Waals surface area contributed by atoms with Gasteiger partial charge in [0.05, 0.1) is 50.3 Å². The number of aliphatic carboxylic acids is 1. The van der Waals surface area contributed by atoms with E-state index in [9.17, 15) is 127 Å². The average molecular weight is 2110 g/mol. The molecule has 55 heteroatoms. The van der Waals surface area contributed by atoms with Gasteiger partial charge in [0.1, 0.15) is 90.0 Å². The number of aliphatic hydroxyl groups is 4. The lowest BCUT2D eigenvalue weighted by Gasteiger charge is -2.32. The van der Waals surface area contributed by atoms with Gasteiger partial charge in [0.25, 0.3) is 0 Å². The van der Waals surface area contributed by atoms with Crippen LogP contribution in [0.2, 0.25) is 0 Å². The van der Waals surface area contributed by atoms with Crippen LogP contribution in [0, 0.1) is 16.7 Å². The number of carboxylic acid groups (broad SMARTS) is 1. The monoisotopic (exact) mass is 2100 g/mol. The second kappa shape index (κ2) is 72.9. The van der Waals surface area contributed by atoms with Crippen LogP contribution >= 0.6 is 0 Å². The Morgan fingerprint density at radius 2 is 0.797 bits per heavy atom. The number of rotatable bonds is 81. The standard InChI is InChI=1S/C93H165N29O26/c1-9-10-11-12-13-14-15-16-17-18-19-20-21-31-71(130)120-74(53(5)124)88(146)118-65(46-70(98)129)83(141)108-52(4)76(134)107-48-72(131)109-57(29-25-42-105-91(100)101)77(135)119-67(49-123)86(144)117-66(47-73(132)133)85(143)121-75(54(6)125)89(147)114-60(28-24-41-104-50-95)79(137)112-61(36-38-68(96)127)81(139)113-62(37-39-69(97)128)82(140)116-64(45-55-32-34-56(126)35-33-55)84(142)111-59(30-26-43-106-92(102)103)78(136)110-58(27-22-23-40-94)80(138)115-63(44-51(2)3)87(145)122-93(7,8)90(99)148/h32-35,51-54,57-67,74-75,79,104,112,123-126,137H,9-31,36-50,94-95H2,1-8H3,(H2,96,127)(H2,97,128)(H2,98,129)(H2,99,148)(H,107,134)(H,108,141)(H,109,131)(H,110,136)(H,111,142)(H,113,139)(H,114,147)(H,115,138)(H,116,140)(H,117,144)(H,118,146)(H,119,135)(H,120,130)(H,121,143)(H,122,145)(H,132,133)(H4,100,101,105)(H4,102,103,106). The van der Waals surface area contributed by atoms with Crippen molar-refractivity contribution in [3.05, 3.63) is 29.8 Å². The summed E-state index contributed by atoms with van der Waals surface area (Å²) >= 11 is 0. The Morgan fingerprint density at radius 1 is 0.385 bits per heavy atom. The second-order valence-electron chi connectivity index (χ2n) is 37.4. The van der Waals surface area contributed by atoms with Crippen molar-refractivity contribution in [1.29, 1.82) is 10.8 Å². The average Bonchev–Trinajstić information content (AvgIpc) is 0.843. The lowest BCUT2D eigenvalue weighted by Crippen LogP contribution is -2.63. The van der Waals surface area contributed by atoms with Crippen LogP contribution in [0.4, 0.5) is 0 Å². The van der Waals surface area contributed by atoms with Crippen LogP contribution in [0.3, 0.4) is 0 Å². The SMILES string of the molecule is CCCCCCCCCCCCCCCC(=O)NC(C(=O)NC(CC(N)=O)C(=O)NC(C)C(=O)NCC(=O)NC(CCCNC(=N)N)C(=O)NC(CO)C(=O)NC(CC(=O)O)C(=O)NC(C(=O)NC(CCCNCN)C(O)NC(CCC(N)=O)C(=O)NC(CCC(N)=O)C(=O)NC(Cc1ccc(O)cc1)C(=O)NC(CCCNC(=N)N)C(=O)NC(CCCCN)C(=O)NC(CC(C)C)C(=O)NC(C)(C)C(N)=O)C(C)O)C(C)O. The molecule has 0 aliphatic heterocycles. The molecule has 0 radical (unpaired) electrons. The fraction of sp³-hybridized carbons (Fsp3) is 0.699. The minimum atomic E-state index is -2.25. The first-order valence-corrected chi connectivity index (χ1v) is 50.1. The van der Waals surface area contributed by atoms with Crippen LogP contribution in [0.5, 0.6) is 5.75 Å². The summed E-state index contributed by atoms with van der Waals surface area (Å²) < 4.78 is 0. The highest BCUT2D eigenvalue weighted by Crippen LogP contribution is 2.19. The van der Waals surface area contributed by atoms with E-state index in [1.54, 1.807) is 13.8 Å². The Hall–Kier alpha value is -13.4. The molecule has 838 valence electrons. The van der Waals surface area contributed by atoms with Crippen molar-refractivity contribution in [2.75, 3.05) is 46.0 Å². The molecule has 43 N–H and O–H groups in total. The summed E-state index contributed by atoms with van der Waals surface area (Å²) in [7, 11) is 0. The van der Waals surface area contributed by atoms with Crippen LogP contribution in [-0.4, -0.2) is 315 Å². The van der Waals surface area contributed by atoms with Gasteiger partial charge in [0.15, 0.2) is 11.9 Å². The number of hydrogen-bond acceptors (Lipinski definition) is 31. The van der Waals surface area contributed by atoms with Crippen molar-refractivity contribution in [3.8, 4) is 5.75 Å². The quantitative estimate of drug-likeness (QED) is 0.0125. The van der Waals surface area contributed by atoms with E-state index in [0.717, 1.165) is 46.0 Å². The first kappa shape index (κ1) is 133. The molecule has 0 aromatic heterocycles. The molecule has 148 heavy (non-hydrogen) atoms. The molecule has 1 aromatic carbocycles. The van der Waals surface area contributed by atoms with Gasteiger partial charge >= 0.3 is 5.97 Å². The number of guanidine groups is 2. The Balaban J connectivity index is 3.69. The van der Waals surface area contributed by atoms with Crippen molar-refractivity contribution in [2.24, 2.45) is 51.8 Å². The first-order valence-electron chi connectivity index (χ1n) is 50.1. The van der Waals surface area contributed by atoms with Crippen molar-refractivity contribution in [1.82, 2.24) is 101 Å². The lowest BCUT2D eigenvalue weighted by atomic mass is 9.99. The number of carbonyl (C=O) groups is 20. The number of phenols is 1. The Labute approximate surface area is 861 Å². The lowest BCUT2D eigenvalue weighted by molar-refractivity contribution is -0.142. The van der Waals surface area contributed by atoms with Crippen LogP contribution in [0.15, 0.2) is 24.3 Å². The number of unbranched alkanes of at least 4 members (excludes halogenated alkanes) is 13. The van der Waals surface area contributed by atoms with Gasteiger partial charge in [-0.15, -0.1) is 0 Å². The van der Waals surface area contributed by atoms with E-state index in [1.807, 2.05) is 5.32 Å². The fourth-order valence-corrected chi connectivity index (χ4v) is 14.9. The summed E-state index contributed by atoms with van der Waals surface area (Å²) in [5.41, 5.74) is 43.2. The minimum Gasteiger partial charge on any atom is -0.508 e. The molecule has 0 heterocycles. The smallest absolute Gasteiger partial charge is 0.305 e. The van der Waals surface area contributed by atoms with Crippen LogP contribution in [0.25, 0.3) is 0 Å². The van der Waals surface area contributed by atoms with E-state index in [2.05, 4.69) is 103 Å². The summed E-state index contributed by atoms with van der Waals surface area (Å²) in [6.07, 6.45) is 2.84. The molecule has 0 saturated heterocycles. The summed E-state index contributed by atoms with van der Waals surface area (Å²) in [6, 6.07) is -19.3. The third-order valence-electron chi connectivity index (χ3n) is 23.3. The summed E-state index contributed by atoms with van der Waals surface area (Å²) in [5, 5.41) is 126. The van der Waals surface area contributed by atoms with Gasteiger partial charge in [-0.3, -0.25) is 112 Å². The van der Waals surface area contributed by atoms with Crippen LogP contribution in [0.1, 0.15) is 254 Å². The topological polar surface area (TPSA) is 947 Å². The molecule has 55 nitrogen and oxygen atoms in total. The van der Waals surface area contributed by atoms with Gasteiger partial charge in [0.2, 0.25) is 112 Å². The maximum Gasteiger partial charge on any atom is 0.305 e. The number of nitrogens with two attached hydrogens (primary N) is 8. The molecular formula is C93H165N29O26. The number of benzene rings is 1. The number of primary amides is 4. The molecule has 0 fully saturated rings. The third-order valence-corrected chi connectivity index (χ3v) is 23.3. The zero-order chi connectivity index (χ0) is 112. The van der Waals surface area contributed by atoms with E-state index < -0.39 is 297 Å². The van der Waals surface area contributed by atoms with Crippen LogP contribution in [-0.2, 0) is 102 Å². The van der Waals surface area contributed by atoms with Crippen molar-refractivity contribution < 1.29 is 127 Å². The Bertz CT molecular complexity index is 4440. The molecule has 17 unspecified atom stereocenters. The summed E-state index contributed by atoms with van der Waals surface area (Å²) in [6.45, 7) is 9.49. The summed E-state index contributed by atoms with van der Waals surface area (Å²) in [4.78, 5) is 273. The van der Waals surface area contributed by atoms with E-state index in [0.29, 0.717) is 12.8 Å². The van der Waals surface area contributed by atoms with E-state index in [-0.39, 0.29) is 114 Å². The van der Waals surface area contributed by atoms with E-state index in [1.165, 1.54) is 90.0 Å². The zero-order valence-electron chi connectivity index (χ0n) is 86.0. The highest BCUT2D eigenvalue weighted by atomic mass is 16.4. The van der Waals surface area contributed by atoms with Crippen molar-refractivity contribution in [2.45, 2.75) is 363 Å². The number of aromatic hydroxyl groups is 1. The maximum absolute atomic E-state index is 15.0. The number of aliphatic hydroxyl groups excluding tert-OH is 4. The molecule has 0 spiro atoms. The number of phenolic OH excluding ortho intramolecular Hbond substituents is 1. The Morgan fingerprint density at radius 3 is 1.27 bits per heavy atom. The van der Waals surface area contributed by atoms with Gasteiger partial charge < -0.3 is 172 Å². The molecule has 0 saturated carbocycles. The number of carbonyl (C=O) groups excluding carboxylic acids is 19. The highest BCUT2D eigenvalue weighted by Gasteiger charge is 2.41. The normalized spacial score (nSPS) is 14.7. The molecular weight excluding hydrogens is 1940 g/mol. The molecule has 19 amide bonds. The predicted octanol–water partition coefficient (Wildman–Crippen LogP) is -8.87. The second-order valence-corrected chi connectivity index (χ2v) is 37.4. The van der Waals surface area contributed by atoms with Crippen molar-refractivity contribution >= 4 is 130 Å². The molecule has 1 rings (SSSR count). The number of nitrogens with one attached hydrogen (secondary N) is 21. The van der Waals surface area contributed by atoms with Gasteiger partial charge in [-0.25, -0.2) is 0 Å². The molecule has 0 aliphatic carbocycles. The largest absolute Gasteiger partial charge is 0.508 e. The predicted molar refractivity (Wildman–Crippen MR) is 541 cm³/mol. The van der Waals surface area contributed by atoms with Gasteiger partial charge in [-0.05, 0) is 155 Å². The van der Waals surface area contributed by atoms with E-state index >= 15 is 0 Å². The fourth-order valence-electron chi connectivity index (χ4n) is 14.9. The van der Waals surface area contributed by atoms with Gasteiger partial charge in [-0.1, -0.05) is 110 Å².